The molecule has 110 valence electrons. The van der Waals surface area contributed by atoms with Gasteiger partial charge in [0.2, 0.25) is 5.72 Å². The van der Waals surface area contributed by atoms with Crippen LogP contribution in [0.25, 0.3) is 0 Å². The first-order valence-corrected chi connectivity index (χ1v) is 5.66. The van der Waals surface area contributed by atoms with Gasteiger partial charge in [0.15, 0.2) is 0 Å². The van der Waals surface area contributed by atoms with Crippen LogP contribution in [0.2, 0.25) is 0 Å². The molecule has 0 radical (unpaired) electrons. The van der Waals surface area contributed by atoms with Crippen LogP contribution >= 0.6 is 0 Å². The predicted octanol–water partition coefficient (Wildman–Crippen LogP) is -3.76. The SMILES string of the molecule is N=C(N)[C@@]1(n2ccc(=O)[nH]c2=O)O[C@H](CO)[C@@H](O)[C@H]1O. The zero-order valence-corrected chi connectivity index (χ0v) is 10.2. The van der Waals surface area contributed by atoms with Gasteiger partial charge >= 0.3 is 5.69 Å². The second kappa shape index (κ2) is 4.83. The molecule has 0 bridgehead atoms. The third-order valence-corrected chi connectivity index (χ3v) is 3.18. The maximum Gasteiger partial charge on any atom is 0.331 e. The number of aromatic amines is 1. The number of hydrogen-bond donors (Lipinski definition) is 6. The van der Waals surface area contributed by atoms with Gasteiger partial charge in [-0.2, -0.15) is 0 Å². The molecule has 10 heteroatoms. The number of hydrogen-bond acceptors (Lipinski definition) is 7. The Balaban J connectivity index is 2.65. The molecule has 1 aliphatic heterocycles. The van der Waals surface area contributed by atoms with E-state index in [-0.39, 0.29) is 0 Å². The molecular weight excluding hydrogens is 272 g/mol. The van der Waals surface area contributed by atoms with Crippen molar-refractivity contribution in [3.05, 3.63) is 33.1 Å². The number of rotatable bonds is 3. The van der Waals surface area contributed by atoms with E-state index in [1.807, 2.05) is 4.98 Å². The number of aromatic nitrogens is 2. The average Bonchev–Trinajstić information content (AvgIpc) is 2.64. The van der Waals surface area contributed by atoms with Crippen LogP contribution in [0.5, 0.6) is 0 Å². The minimum absolute atomic E-state index is 0.647. The van der Waals surface area contributed by atoms with E-state index in [0.717, 1.165) is 12.3 Å². The van der Waals surface area contributed by atoms with Crippen molar-refractivity contribution < 1.29 is 20.1 Å². The van der Waals surface area contributed by atoms with E-state index in [1.165, 1.54) is 0 Å². The summed E-state index contributed by atoms with van der Waals surface area (Å²) in [5.74, 6) is -0.755. The molecule has 2 rings (SSSR count). The number of nitrogens with one attached hydrogen (secondary N) is 2. The summed E-state index contributed by atoms with van der Waals surface area (Å²) in [4.78, 5) is 24.8. The van der Waals surface area contributed by atoms with E-state index < -0.39 is 47.7 Å². The second-order valence-electron chi connectivity index (χ2n) is 4.36. The van der Waals surface area contributed by atoms with E-state index >= 15 is 0 Å². The monoisotopic (exact) mass is 286 g/mol. The van der Waals surface area contributed by atoms with Gasteiger partial charge in [0.1, 0.15) is 24.1 Å². The highest BCUT2D eigenvalue weighted by Gasteiger charge is 2.58. The molecule has 1 saturated heterocycles. The normalized spacial score (nSPS) is 33.2. The third kappa shape index (κ3) is 1.86. The van der Waals surface area contributed by atoms with Gasteiger partial charge in [0.05, 0.1) is 6.61 Å². The molecule has 0 amide bonds. The van der Waals surface area contributed by atoms with E-state index in [1.54, 1.807) is 0 Å². The average molecular weight is 286 g/mol. The fraction of sp³-hybridized carbons (Fsp3) is 0.500. The van der Waals surface area contributed by atoms with Crippen LogP contribution in [0.3, 0.4) is 0 Å². The van der Waals surface area contributed by atoms with Gasteiger partial charge in [0, 0.05) is 12.3 Å². The van der Waals surface area contributed by atoms with Crippen molar-refractivity contribution in [2.75, 3.05) is 6.61 Å². The van der Waals surface area contributed by atoms with Gasteiger partial charge in [-0.25, -0.2) is 4.79 Å². The molecule has 1 aromatic rings. The van der Waals surface area contributed by atoms with Crippen molar-refractivity contribution >= 4 is 5.84 Å². The Morgan fingerprint density at radius 2 is 2.20 bits per heavy atom. The Morgan fingerprint density at radius 1 is 1.55 bits per heavy atom. The lowest BCUT2D eigenvalue weighted by atomic mass is 10.0. The number of nitrogens with zero attached hydrogens (tertiary/aromatic N) is 1. The summed E-state index contributed by atoms with van der Waals surface area (Å²) >= 11 is 0. The molecule has 4 atom stereocenters. The first kappa shape index (κ1) is 14.4. The molecule has 0 spiro atoms. The fourth-order valence-electron chi connectivity index (χ4n) is 2.18. The highest BCUT2D eigenvalue weighted by atomic mass is 16.6. The van der Waals surface area contributed by atoms with Gasteiger partial charge in [-0.3, -0.25) is 19.8 Å². The Bertz CT molecular complexity index is 639. The molecule has 1 fully saturated rings. The molecule has 1 aromatic heterocycles. The Kier molecular flexibility index (Phi) is 3.48. The minimum atomic E-state index is -2.19. The predicted molar refractivity (Wildman–Crippen MR) is 65.2 cm³/mol. The molecule has 0 aliphatic carbocycles. The number of nitrogens with two attached hydrogens (primary N) is 1. The van der Waals surface area contributed by atoms with Crippen molar-refractivity contribution in [2.24, 2.45) is 5.73 Å². The largest absolute Gasteiger partial charge is 0.394 e. The number of amidine groups is 1. The maximum absolute atomic E-state index is 11.8. The molecule has 0 unspecified atom stereocenters. The summed E-state index contributed by atoms with van der Waals surface area (Å²) < 4.78 is 5.93. The number of H-pyrrole nitrogens is 1. The maximum atomic E-state index is 11.8. The van der Waals surface area contributed by atoms with E-state index in [4.69, 9.17) is 21.0 Å². The number of aliphatic hydroxyl groups is 3. The van der Waals surface area contributed by atoms with Crippen LogP contribution in [0.4, 0.5) is 0 Å². The van der Waals surface area contributed by atoms with Gasteiger partial charge < -0.3 is 25.8 Å². The van der Waals surface area contributed by atoms with Crippen molar-refractivity contribution in [1.29, 1.82) is 5.41 Å². The lowest BCUT2D eigenvalue weighted by Gasteiger charge is -2.32. The van der Waals surface area contributed by atoms with Crippen LogP contribution < -0.4 is 17.0 Å². The van der Waals surface area contributed by atoms with E-state index in [2.05, 4.69) is 0 Å². The smallest absolute Gasteiger partial charge is 0.331 e. The molecule has 10 nitrogen and oxygen atoms in total. The summed E-state index contributed by atoms with van der Waals surface area (Å²) in [6.45, 7) is -0.647. The number of ether oxygens (including phenoxy) is 1. The van der Waals surface area contributed by atoms with Crippen LogP contribution in [-0.4, -0.2) is 55.6 Å². The molecule has 2 heterocycles. The van der Waals surface area contributed by atoms with Crippen molar-refractivity contribution in [3.63, 3.8) is 0 Å². The lowest BCUT2D eigenvalue weighted by Crippen LogP contribution is -2.58. The summed E-state index contributed by atoms with van der Waals surface area (Å²) in [5.41, 5.74) is 1.55. The Morgan fingerprint density at radius 3 is 2.65 bits per heavy atom. The first-order valence-electron chi connectivity index (χ1n) is 5.66. The van der Waals surface area contributed by atoms with Crippen molar-refractivity contribution in [2.45, 2.75) is 24.0 Å². The third-order valence-electron chi connectivity index (χ3n) is 3.18. The number of aliphatic hydroxyl groups excluding tert-OH is 3. The summed E-state index contributed by atoms with van der Waals surface area (Å²) in [6.07, 6.45) is -3.56. The Hall–Kier alpha value is -2.01. The van der Waals surface area contributed by atoms with Crippen LogP contribution in [-0.2, 0) is 10.5 Å². The summed E-state index contributed by atoms with van der Waals surface area (Å²) in [6, 6.07) is 0.973. The lowest BCUT2D eigenvalue weighted by molar-refractivity contribution is -0.101. The molecule has 7 N–H and O–H groups in total. The van der Waals surface area contributed by atoms with Gasteiger partial charge in [0.25, 0.3) is 5.56 Å². The quantitative estimate of drug-likeness (QED) is 0.244. The first-order chi connectivity index (χ1) is 9.34. The zero-order chi connectivity index (χ0) is 15.1. The molecule has 0 aromatic carbocycles. The summed E-state index contributed by atoms with van der Waals surface area (Å²) in [5, 5.41) is 36.5. The van der Waals surface area contributed by atoms with Crippen molar-refractivity contribution in [1.82, 2.24) is 9.55 Å². The minimum Gasteiger partial charge on any atom is -0.394 e. The van der Waals surface area contributed by atoms with Gasteiger partial charge in [-0.1, -0.05) is 0 Å². The standard InChI is InChI=1S/C10H14N4O6/c11-8(12)10(7(18)6(17)4(3-15)20-10)14-2-1-5(16)13-9(14)19/h1-2,4,6-7,15,17-18H,3H2,(H3,11,12)(H,13,16,19)/t4-,6-,7-,10+/m1/s1. The molecule has 1 aliphatic rings. The highest BCUT2D eigenvalue weighted by Crippen LogP contribution is 2.34. The molecular formula is C10H14N4O6. The Labute approximate surface area is 111 Å². The van der Waals surface area contributed by atoms with Crippen LogP contribution in [0, 0.1) is 5.41 Å². The fourth-order valence-corrected chi connectivity index (χ4v) is 2.18. The van der Waals surface area contributed by atoms with Crippen LogP contribution in [0.1, 0.15) is 0 Å². The van der Waals surface area contributed by atoms with E-state index in [9.17, 15) is 19.8 Å². The van der Waals surface area contributed by atoms with Gasteiger partial charge in [-0.15, -0.1) is 0 Å². The topological polar surface area (TPSA) is 175 Å². The molecule has 0 saturated carbocycles. The zero-order valence-electron chi connectivity index (χ0n) is 10.2. The molecule has 20 heavy (non-hydrogen) atoms. The summed E-state index contributed by atoms with van der Waals surface area (Å²) in [7, 11) is 0. The van der Waals surface area contributed by atoms with E-state index in [0.29, 0.717) is 4.57 Å². The second-order valence-corrected chi connectivity index (χ2v) is 4.36. The van der Waals surface area contributed by atoms with Crippen LogP contribution in [0.15, 0.2) is 21.9 Å². The highest BCUT2D eigenvalue weighted by molar-refractivity contribution is 5.85. The van der Waals surface area contributed by atoms with Gasteiger partial charge in [-0.05, 0) is 0 Å². The van der Waals surface area contributed by atoms with Crippen molar-refractivity contribution in [3.8, 4) is 0 Å².